The topological polar surface area (TPSA) is 103 Å². The number of aromatic amines is 1. The molecule has 0 saturated carbocycles. The van der Waals surface area contributed by atoms with Gasteiger partial charge in [0.1, 0.15) is 6.04 Å². The maximum absolute atomic E-state index is 12.9. The van der Waals surface area contributed by atoms with E-state index in [0.717, 1.165) is 43.6 Å². The molecule has 2 aromatic rings. The number of amides is 3. The number of imide groups is 1. The standard InChI is InChI=1S/C24H26N4O4/c29-21-5-1-15(12-25-21)13-27-9-7-16(8-10-27)17-2-3-19-18(11-17)14-28(24(19)32)20-4-6-22(30)26-23(20)31/h1-3,5,11-12,16,20H,4,6-10,13-14H2,(H,25,29)(H,26,30,31). The Labute approximate surface area is 185 Å². The Hall–Kier alpha value is -3.26. The Kier molecular flexibility index (Phi) is 5.38. The van der Waals surface area contributed by atoms with Gasteiger partial charge in [0.25, 0.3) is 5.91 Å². The zero-order valence-corrected chi connectivity index (χ0v) is 17.8. The van der Waals surface area contributed by atoms with Gasteiger partial charge in [0.15, 0.2) is 0 Å². The Bertz CT molecular complexity index is 1110. The number of pyridine rings is 1. The van der Waals surface area contributed by atoms with Crippen molar-refractivity contribution in [2.24, 2.45) is 0 Å². The fraction of sp³-hybridized carbons (Fsp3) is 0.417. The highest BCUT2D eigenvalue weighted by Gasteiger charge is 2.39. The highest BCUT2D eigenvalue weighted by atomic mass is 16.2. The summed E-state index contributed by atoms with van der Waals surface area (Å²) in [6.45, 7) is 3.19. The van der Waals surface area contributed by atoms with Crippen LogP contribution < -0.4 is 10.9 Å². The van der Waals surface area contributed by atoms with Crippen LogP contribution in [0.4, 0.5) is 0 Å². The molecule has 1 aromatic carbocycles. The predicted octanol–water partition coefficient (Wildman–Crippen LogP) is 1.52. The largest absolute Gasteiger partial charge is 0.329 e. The molecule has 4 heterocycles. The number of nitrogens with one attached hydrogen (secondary N) is 2. The first kappa shape index (κ1) is 20.6. The summed E-state index contributed by atoms with van der Waals surface area (Å²) >= 11 is 0. The maximum Gasteiger partial charge on any atom is 0.255 e. The predicted molar refractivity (Wildman–Crippen MR) is 117 cm³/mol. The van der Waals surface area contributed by atoms with E-state index in [1.54, 1.807) is 17.2 Å². The van der Waals surface area contributed by atoms with E-state index in [-0.39, 0.29) is 29.7 Å². The minimum absolute atomic E-state index is 0.0845. The first-order valence-corrected chi connectivity index (χ1v) is 11.2. The molecule has 1 aromatic heterocycles. The minimum atomic E-state index is -0.577. The molecule has 3 aliphatic rings. The van der Waals surface area contributed by atoms with E-state index in [1.165, 1.54) is 5.56 Å². The van der Waals surface area contributed by atoms with Crippen LogP contribution in [0.1, 0.15) is 58.6 Å². The molecule has 2 N–H and O–H groups in total. The molecule has 3 aliphatic heterocycles. The summed E-state index contributed by atoms with van der Waals surface area (Å²) < 4.78 is 0. The number of piperidine rings is 2. The molecule has 2 saturated heterocycles. The summed E-state index contributed by atoms with van der Waals surface area (Å²) in [4.78, 5) is 54.5. The second-order valence-electron chi connectivity index (χ2n) is 8.93. The third-order valence-corrected chi connectivity index (χ3v) is 6.86. The van der Waals surface area contributed by atoms with Crippen molar-refractivity contribution in [2.75, 3.05) is 13.1 Å². The van der Waals surface area contributed by atoms with Gasteiger partial charge in [-0.1, -0.05) is 18.2 Å². The van der Waals surface area contributed by atoms with E-state index in [0.29, 0.717) is 24.4 Å². The van der Waals surface area contributed by atoms with E-state index >= 15 is 0 Å². The molecule has 0 spiro atoms. The van der Waals surface area contributed by atoms with Crippen LogP contribution in [0.3, 0.4) is 0 Å². The number of rotatable bonds is 4. The molecule has 1 atom stereocenters. The molecule has 2 fully saturated rings. The molecule has 5 rings (SSSR count). The number of aromatic nitrogens is 1. The zero-order chi connectivity index (χ0) is 22.2. The van der Waals surface area contributed by atoms with Crippen molar-refractivity contribution >= 4 is 17.7 Å². The summed E-state index contributed by atoms with van der Waals surface area (Å²) in [7, 11) is 0. The number of fused-ring (bicyclic) bond motifs is 1. The van der Waals surface area contributed by atoms with Gasteiger partial charge in [-0.15, -0.1) is 0 Å². The van der Waals surface area contributed by atoms with Crippen LogP contribution in [0.2, 0.25) is 0 Å². The summed E-state index contributed by atoms with van der Waals surface area (Å²) in [5.41, 5.74) is 3.89. The lowest BCUT2D eigenvalue weighted by molar-refractivity contribution is -0.136. The van der Waals surface area contributed by atoms with Gasteiger partial charge >= 0.3 is 0 Å². The van der Waals surface area contributed by atoms with E-state index in [1.807, 2.05) is 18.2 Å². The summed E-state index contributed by atoms with van der Waals surface area (Å²) in [5.74, 6) is -0.342. The van der Waals surface area contributed by atoms with Crippen molar-refractivity contribution in [1.82, 2.24) is 20.1 Å². The smallest absolute Gasteiger partial charge is 0.255 e. The van der Waals surface area contributed by atoms with Gasteiger partial charge in [0.05, 0.1) is 0 Å². The van der Waals surface area contributed by atoms with Crippen molar-refractivity contribution in [3.63, 3.8) is 0 Å². The summed E-state index contributed by atoms with van der Waals surface area (Å²) in [6, 6.07) is 8.93. The van der Waals surface area contributed by atoms with Gasteiger partial charge in [-0.05, 0) is 61.0 Å². The Balaban J connectivity index is 1.23. The van der Waals surface area contributed by atoms with Crippen molar-refractivity contribution < 1.29 is 14.4 Å². The number of benzene rings is 1. The van der Waals surface area contributed by atoms with E-state index in [2.05, 4.69) is 21.3 Å². The number of carbonyl (C=O) groups is 3. The molecule has 8 heteroatoms. The lowest BCUT2D eigenvalue weighted by atomic mass is 9.88. The molecule has 8 nitrogen and oxygen atoms in total. The van der Waals surface area contributed by atoms with E-state index in [4.69, 9.17) is 0 Å². The highest BCUT2D eigenvalue weighted by molar-refractivity contribution is 6.05. The van der Waals surface area contributed by atoms with Crippen LogP contribution in [0.15, 0.2) is 41.3 Å². The molecule has 0 aliphatic carbocycles. The highest BCUT2D eigenvalue weighted by Crippen LogP contribution is 2.33. The molecular weight excluding hydrogens is 408 g/mol. The van der Waals surface area contributed by atoms with Gasteiger partial charge < -0.3 is 9.88 Å². The summed E-state index contributed by atoms with van der Waals surface area (Å²) in [5, 5.41) is 2.35. The molecule has 3 amide bonds. The third kappa shape index (κ3) is 3.98. The van der Waals surface area contributed by atoms with Crippen LogP contribution in [0.25, 0.3) is 0 Å². The Morgan fingerprint density at radius 3 is 2.50 bits per heavy atom. The SMILES string of the molecule is O=C1CCC(N2Cc3cc(C4CCN(Cc5ccc(=O)[nH]c5)CC4)ccc3C2=O)C(=O)N1. The number of hydrogen-bond donors (Lipinski definition) is 2. The average Bonchev–Trinajstić information content (AvgIpc) is 3.11. The van der Waals surface area contributed by atoms with E-state index < -0.39 is 6.04 Å². The monoisotopic (exact) mass is 434 g/mol. The van der Waals surface area contributed by atoms with Crippen molar-refractivity contribution in [3.8, 4) is 0 Å². The number of nitrogens with zero attached hydrogens (tertiary/aromatic N) is 2. The second-order valence-corrected chi connectivity index (χ2v) is 8.93. The quantitative estimate of drug-likeness (QED) is 0.711. The molecular formula is C24H26N4O4. The van der Waals surface area contributed by atoms with Crippen LogP contribution in [-0.4, -0.2) is 51.6 Å². The van der Waals surface area contributed by atoms with Gasteiger partial charge in [0.2, 0.25) is 17.4 Å². The molecule has 0 radical (unpaired) electrons. The lowest BCUT2D eigenvalue weighted by Crippen LogP contribution is -2.52. The number of H-pyrrole nitrogens is 1. The minimum Gasteiger partial charge on any atom is -0.329 e. The fourth-order valence-electron chi connectivity index (χ4n) is 5.07. The van der Waals surface area contributed by atoms with Crippen LogP contribution in [-0.2, 0) is 22.7 Å². The molecule has 0 bridgehead atoms. The van der Waals surface area contributed by atoms with E-state index in [9.17, 15) is 19.2 Å². The Morgan fingerprint density at radius 2 is 1.78 bits per heavy atom. The van der Waals surface area contributed by atoms with Gasteiger partial charge in [-0.25, -0.2) is 0 Å². The fourth-order valence-corrected chi connectivity index (χ4v) is 5.07. The summed E-state index contributed by atoms with van der Waals surface area (Å²) in [6.07, 6.45) is 4.49. The lowest BCUT2D eigenvalue weighted by Gasteiger charge is -2.32. The van der Waals surface area contributed by atoms with Gasteiger partial charge in [-0.2, -0.15) is 0 Å². The van der Waals surface area contributed by atoms with Crippen molar-refractivity contribution in [3.05, 3.63) is 69.1 Å². The maximum atomic E-state index is 12.9. The second kappa shape index (κ2) is 8.35. The molecule has 1 unspecified atom stereocenters. The number of carbonyl (C=O) groups excluding carboxylic acids is 3. The molecule has 166 valence electrons. The van der Waals surface area contributed by atoms with Gasteiger partial charge in [-0.3, -0.25) is 29.4 Å². The average molecular weight is 434 g/mol. The normalized spacial score (nSPS) is 22.2. The first-order valence-electron chi connectivity index (χ1n) is 11.2. The van der Waals surface area contributed by atoms with Crippen LogP contribution >= 0.6 is 0 Å². The zero-order valence-electron chi connectivity index (χ0n) is 17.8. The first-order chi connectivity index (χ1) is 15.5. The van der Waals surface area contributed by atoms with Gasteiger partial charge in [0, 0.05) is 37.3 Å². The number of likely N-dealkylation sites (tertiary alicyclic amines) is 1. The van der Waals surface area contributed by atoms with Crippen molar-refractivity contribution in [1.29, 1.82) is 0 Å². The van der Waals surface area contributed by atoms with Crippen LogP contribution in [0, 0.1) is 0 Å². The van der Waals surface area contributed by atoms with Crippen LogP contribution in [0.5, 0.6) is 0 Å². The number of hydrogen-bond acceptors (Lipinski definition) is 5. The molecule has 32 heavy (non-hydrogen) atoms. The Morgan fingerprint density at radius 1 is 0.969 bits per heavy atom. The third-order valence-electron chi connectivity index (χ3n) is 6.86. The van der Waals surface area contributed by atoms with Crippen molar-refractivity contribution in [2.45, 2.75) is 50.7 Å².